The number of ether oxygens (including phenoxy) is 1. The largest absolute Gasteiger partial charge is 0.493 e. The fraction of sp³-hybridized carbons (Fsp3) is 0.345. The standard InChI is InChI=1S/C29H32FNO4/c1-2-3-4-7-19-35-27-12-6-5-11-26(27)29(33,34)31(25-17-18-25)28(32)22-15-13-21(14-16-22)23-9-8-10-24(30)20-23/h5-6,8-16,20,25,33-34H,2-4,7,17-19H2,1H3. The van der Waals surface area contributed by atoms with Crippen LogP contribution in [0.15, 0.2) is 72.8 Å². The van der Waals surface area contributed by atoms with Crippen molar-refractivity contribution >= 4 is 5.91 Å². The number of hydrogen-bond donors (Lipinski definition) is 2. The maximum atomic E-state index is 13.6. The van der Waals surface area contributed by atoms with Gasteiger partial charge in [-0.15, -0.1) is 0 Å². The Morgan fingerprint density at radius 2 is 1.71 bits per heavy atom. The van der Waals surface area contributed by atoms with Crippen LogP contribution in [0.1, 0.15) is 61.4 Å². The number of nitrogens with zero attached hydrogens (tertiary/aromatic N) is 1. The summed E-state index contributed by atoms with van der Waals surface area (Å²) in [6.45, 7) is 2.60. The number of carbonyl (C=O) groups is 1. The van der Waals surface area contributed by atoms with Crippen molar-refractivity contribution in [2.75, 3.05) is 6.61 Å². The summed E-state index contributed by atoms with van der Waals surface area (Å²) in [5.41, 5.74) is 1.93. The van der Waals surface area contributed by atoms with Crippen LogP contribution in [0.25, 0.3) is 11.1 Å². The van der Waals surface area contributed by atoms with Gasteiger partial charge in [-0.25, -0.2) is 4.39 Å². The SMILES string of the molecule is CCCCCCOc1ccccc1C(O)(O)N(C(=O)c1ccc(-c2cccc(F)c2)cc1)C1CC1. The van der Waals surface area contributed by atoms with E-state index in [-0.39, 0.29) is 17.4 Å². The molecule has 6 heteroatoms. The highest BCUT2D eigenvalue weighted by Gasteiger charge is 2.48. The van der Waals surface area contributed by atoms with Gasteiger partial charge in [-0.2, -0.15) is 0 Å². The van der Waals surface area contributed by atoms with Crippen molar-refractivity contribution in [2.24, 2.45) is 0 Å². The zero-order chi connectivity index (χ0) is 24.8. The third-order valence-corrected chi connectivity index (χ3v) is 6.26. The molecule has 0 saturated heterocycles. The topological polar surface area (TPSA) is 70.0 Å². The van der Waals surface area contributed by atoms with Crippen molar-refractivity contribution in [3.63, 3.8) is 0 Å². The van der Waals surface area contributed by atoms with Gasteiger partial charge in [0.25, 0.3) is 11.8 Å². The average molecular weight is 478 g/mol. The summed E-state index contributed by atoms with van der Waals surface area (Å²) in [6, 6.07) is 19.4. The Kier molecular flexibility index (Phi) is 7.83. The van der Waals surface area contributed by atoms with Crippen LogP contribution in [-0.4, -0.2) is 33.7 Å². The molecule has 1 saturated carbocycles. The third-order valence-electron chi connectivity index (χ3n) is 6.26. The summed E-state index contributed by atoms with van der Waals surface area (Å²) in [4.78, 5) is 14.6. The highest BCUT2D eigenvalue weighted by molar-refractivity contribution is 5.95. The number of carbonyl (C=O) groups excluding carboxylic acids is 1. The van der Waals surface area contributed by atoms with Crippen molar-refractivity contribution in [1.82, 2.24) is 4.90 Å². The fourth-order valence-electron chi connectivity index (χ4n) is 4.22. The maximum Gasteiger partial charge on any atom is 0.281 e. The lowest BCUT2D eigenvalue weighted by Gasteiger charge is -2.36. The molecule has 5 nitrogen and oxygen atoms in total. The number of rotatable bonds is 11. The van der Waals surface area contributed by atoms with E-state index in [4.69, 9.17) is 4.74 Å². The Bertz CT molecular complexity index is 1140. The number of benzene rings is 3. The normalized spacial score (nSPS) is 13.5. The summed E-state index contributed by atoms with van der Waals surface area (Å²) >= 11 is 0. The molecule has 1 amide bonds. The van der Waals surface area contributed by atoms with Gasteiger partial charge in [0.1, 0.15) is 11.6 Å². The molecule has 1 aliphatic rings. The summed E-state index contributed by atoms with van der Waals surface area (Å²) < 4.78 is 19.5. The molecular formula is C29H32FNO4. The van der Waals surface area contributed by atoms with Gasteiger partial charge in [-0.05, 0) is 66.8 Å². The number of unbranched alkanes of at least 4 members (excludes halogenated alkanes) is 3. The van der Waals surface area contributed by atoms with Gasteiger partial charge in [-0.3, -0.25) is 9.69 Å². The maximum absolute atomic E-state index is 13.6. The Labute approximate surface area is 205 Å². The first-order valence-electron chi connectivity index (χ1n) is 12.3. The molecule has 3 aromatic carbocycles. The first-order chi connectivity index (χ1) is 16.9. The smallest absolute Gasteiger partial charge is 0.281 e. The van der Waals surface area contributed by atoms with Crippen molar-refractivity contribution in [3.8, 4) is 16.9 Å². The molecule has 3 aromatic rings. The van der Waals surface area contributed by atoms with Gasteiger partial charge in [0.2, 0.25) is 0 Å². The minimum Gasteiger partial charge on any atom is -0.493 e. The van der Waals surface area contributed by atoms with E-state index in [1.165, 1.54) is 12.1 Å². The van der Waals surface area contributed by atoms with Crippen molar-refractivity contribution in [3.05, 3.63) is 89.7 Å². The highest BCUT2D eigenvalue weighted by Crippen LogP contribution is 2.40. The predicted molar refractivity (Wildman–Crippen MR) is 133 cm³/mol. The van der Waals surface area contributed by atoms with E-state index in [9.17, 15) is 19.4 Å². The average Bonchev–Trinajstić information content (AvgIpc) is 3.69. The van der Waals surface area contributed by atoms with Crippen LogP contribution in [0.2, 0.25) is 0 Å². The van der Waals surface area contributed by atoms with Gasteiger partial charge in [0.15, 0.2) is 0 Å². The minimum absolute atomic E-state index is 0.145. The van der Waals surface area contributed by atoms with Crippen LogP contribution in [0.4, 0.5) is 4.39 Å². The second kappa shape index (κ2) is 11.0. The van der Waals surface area contributed by atoms with E-state index < -0.39 is 11.8 Å². The van der Waals surface area contributed by atoms with Crippen LogP contribution in [0.3, 0.4) is 0 Å². The van der Waals surface area contributed by atoms with E-state index in [2.05, 4.69) is 6.92 Å². The first-order valence-corrected chi connectivity index (χ1v) is 12.3. The zero-order valence-electron chi connectivity index (χ0n) is 20.0. The van der Waals surface area contributed by atoms with Gasteiger partial charge >= 0.3 is 0 Å². The fourth-order valence-corrected chi connectivity index (χ4v) is 4.22. The zero-order valence-corrected chi connectivity index (χ0v) is 20.0. The summed E-state index contributed by atoms with van der Waals surface area (Å²) in [5.74, 6) is -2.99. The Morgan fingerprint density at radius 1 is 0.971 bits per heavy atom. The highest BCUT2D eigenvalue weighted by atomic mass is 19.1. The first kappa shape index (κ1) is 24.9. The molecule has 35 heavy (non-hydrogen) atoms. The van der Waals surface area contributed by atoms with Crippen LogP contribution in [0, 0.1) is 5.82 Å². The van der Waals surface area contributed by atoms with E-state index in [0.717, 1.165) is 36.1 Å². The number of halogens is 1. The molecule has 0 unspecified atom stereocenters. The number of aliphatic hydroxyl groups is 2. The Morgan fingerprint density at radius 3 is 2.40 bits per heavy atom. The molecule has 0 bridgehead atoms. The molecular weight excluding hydrogens is 445 g/mol. The van der Waals surface area contributed by atoms with Gasteiger partial charge < -0.3 is 14.9 Å². The van der Waals surface area contributed by atoms with E-state index in [0.29, 0.717) is 36.3 Å². The van der Waals surface area contributed by atoms with Gasteiger partial charge in [-0.1, -0.05) is 62.6 Å². The molecule has 4 rings (SSSR count). The summed E-state index contributed by atoms with van der Waals surface area (Å²) in [6.07, 6.45) is 5.53. The van der Waals surface area contributed by atoms with E-state index in [1.807, 2.05) is 0 Å². The molecule has 1 aliphatic carbocycles. The monoisotopic (exact) mass is 477 g/mol. The summed E-state index contributed by atoms with van der Waals surface area (Å²) in [7, 11) is 0. The van der Waals surface area contributed by atoms with Crippen molar-refractivity contribution in [1.29, 1.82) is 0 Å². The van der Waals surface area contributed by atoms with Gasteiger partial charge in [0.05, 0.1) is 12.2 Å². The van der Waals surface area contributed by atoms with Crippen molar-refractivity contribution in [2.45, 2.75) is 57.4 Å². The van der Waals surface area contributed by atoms with Crippen LogP contribution in [-0.2, 0) is 5.91 Å². The molecule has 0 aliphatic heterocycles. The number of hydrogen-bond acceptors (Lipinski definition) is 4. The minimum atomic E-state index is -2.53. The van der Waals surface area contributed by atoms with Crippen LogP contribution >= 0.6 is 0 Å². The molecule has 2 N–H and O–H groups in total. The number of amides is 1. The Hall–Kier alpha value is -3.22. The third kappa shape index (κ3) is 5.89. The van der Waals surface area contributed by atoms with Crippen LogP contribution < -0.4 is 4.74 Å². The second-order valence-corrected chi connectivity index (χ2v) is 9.03. The van der Waals surface area contributed by atoms with Crippen LogP contribution in [0.5, 0.6) is 5.75 Å². The van der Waals surface area contributed by atoms with E-state index in [1.54, 1.807) is 60.7 Å². The molecule has 0 aromatic heterocycles. The quantitative estimate of drug-likeness (QED) is 0.268. The second-order valence-electron chi connectivity index (χ2n) is 9.03. The lowest BCUT2D eigenvalue weighted by atomic mass is 10.0. The summed E-state index contributed by atoms with van der Waals surface area (Å²) in [5, 5.41) is 22.6. The molecule has 0 spiro atoms. The molecule has 184 valence electrons. The Balaban J connectivity index is 1.56. The number of para-hydroxylation sites is 1. The van der Waals surface area contributed by atoms with Gasteiger partial charge in [0, 0.05) is 11.6 Å². The van der Waals surface area contributed by atoms with E-state index >= 15 is 0 Å². The van der Waals surface area contributed by atoms with Crippen molar-refractivity contribution < 1.29 is 24.1 Å². The molecule has 1 fully saturated rings. The molecule has 0 radical (unpaired) electrons. The molecule has 0 heterocycles. The lowest BCUT2D eigenvalue weighted by molar-refractivity contribution is -0.259. The lowest BCUT2D eigenvalue weighted by Crippen LogP contribution is -2.51. The molecule has 0 atom stereocenters. The predicted octanol–water partition coefficient (Wildman–Crippen LogP) is 5.85.